The lowest BCUT2D eigenvalue weighted by Crippen LogP contribution is -2.49. The molecule has 0 radical (unpaired) electrons. The van der Waals surface area contributed by atoms with Crippen LogP contribution in [0.15, 0.2) is 42.6 Å². The monoisotopic (exact) mass is 296 g/mol. The summed E-state index contributed by atoms with van der Waals surface area (Å²) in [5.41, 5.74) is 9.50. The average Bonchev–Trinajstić information content (AvgIpc) is 2.55. The van der Waals surface area contributed by atoms with Crippen molar-refractivity contribution >= 4 is 11.5 Å². The molecule has 0 aliphatic carbocycles. The van der Waals surface area contributed by atoms with Crippen LogP contribution in [0.4, 0.5) is 11.5 Å². The van der Waals surface area contributed by atoms with Crippen molar-refractivity contribution in [1.29, 1.82) is 0 Å². The van der Waals surface area contributed by atoms with Crippen molar-refractivity contribution in [2.45, 2.75) is 19.9 Å². The number of aromatic nitrogens is 1. The van der Waals surface area contributed by atoms with Gasteiger partial charge in [0, 0.05) is 49.7 Å². The van der Waals surface area contributed by atoms with Crippen LogP contribution in [0.1, 0.15) is 13.8 Å². The number of nitrogen functional groups attached to an aromatic ring is 1. The van der Waals surface area contributed by atoms with E-state index in [1.165, 1.54) is 11.3 Å². The molecule has 4 nitrogen and oxygen atoms in total. The van der Waals surface area contributed by atoms with E-state index in [0.29, 0.717) is 11.9 Å². The smallest absolute Gasteiger partial charge is 0.123 e. The number of para-hydroxylation sites is 1. The van der Waals surface area contributed by atoms with Crippen LogP contribution < -0.4 is 10.6 Å². The molecule has 1 saturated heterocycles. The van der Waals surface area contributed by atoms with Crippen molar-refractivity contribution in [2.24, 2.45) is 0 Å². The minimum Gasteiger partial charge on any atom is -0.384 e. The molecule has 1 aromatic carbocycles. The second kappa shape index (κ2) is 6.36. The first-order valence-corrected chi connectivity index (χ1v) is 7.95. The Bertz CT molecular complexity index is 630. The zero-order valence-electron chi connectivity index (χ0n) is 13.4. The number of hydrogen-bond donors (Lipinski definition) is 1. The van der Waals surface area contributed by atoms with E-state index in [-0.39, 0.29) is 0 Å². The highest BCUT2D eigenvalue weighted by Crippen LogP contribution is 2.31. The lowest BCUT2D eigenvalue weighted by Gasteiger charge is -2.38. The number of anilines is 2. The highest BCUT2D eigenvalue weighted by atomic mass is 15.3. The molecule has 3 rings (SSSR count). The number of benzene rings is 1. The Morgan fingerprint density at radius 1 is 1.05 bits per heavy atom. The summed E-state index contributed by atoms with van der Waals surface area (Å²) >= 11 is 0. The summed E-state index contributed by atoms with van der Waals surface area (Å²) in [6.45, 7) is 8.90. The van der Waals surface area contributed by atoms with Crippen LogP contribution in [0.2, 0.25) is 0 Å². The maximum absolute atomic E-state index is 5.84. The quantitative estimate of drug-likeness (QED) is 0.946. The molecule has 1 aromatic heterocycles. The first kappa shape index (κ1) is 14.9. The van der Waals surface area contributed by atoms with E-state index in [1.54, 1.807) is 6.20 Å². The normalized spacial score (nSPS) is 16.2. The highest BCUT2D eigenvalue weighted by molar-refractivity contribution is 5.79. The van der Waals surface area contributed by atoms with Gasteiger partial charge in [-0.2, -0.15) is 0 Å². The minimum atomic E-state index is 0.567. The average molecular weight is 296 g/mol. The van der Waals surface area contributed by atoms with Crippen molar-refractivity contribution in [3.8, 4) is 11.1 Å². The van der Waals surface area contributed by atoms with E-state index in [2.05, 4.69) is 52.9 Å². The van der Waals surface area contributed by atoms with Crippen LogP contribution >= 0.6 is 0 Å². The maximum atomic E-state index is 5.84. The van der Waals surface area contributed by atoms with Gasteiger partial charge in [0.25, 0.3) is 0 Å². The molecule has 0 saturated carbocycles. The number of hydrogen-bond acceptors (Lipinski definition) is 4. The van der Waals surface area contributed by atoms with E-state index < -0.39 is 0 Å². The molecule has 1 aliphatic heterocycles. The molecule has 22 heavy (non-hydrogen) atoms. The predicted octanol–water partition coefficient (Wildman–Crippen LogP) is 2.86. The predicted molar refractivity (Wildman–Crippen MR) is 93.0 cm³/mol. The van der Waals surface area contributed by atoms with Crippen molar-refractivity contribution in [3.05, 3.63) is 42.6 Å². The van der Waals surface area contributed by atoms with E-state index in [9.17, 15) is 0 Å². The van der Waals surface area contributed by atoms with E-state index in [4.69, 9.17) is 5.73 Å². The van der Waals surface area contributed by atoms with Gasteiger partial charge in [0.05, 0.1) is 0 Å². The van der Waals surface area contributed by atoms with Crippen LogP contribution in [0.25, 0.3) is 11.1 Å². The Morgan fingerprint density at radius 3 is 2.45 bits per heavy atom. The molecule has 2 heterocycles. The fourth-order valence-electron chi connectivity index (χ4n) is 3.09. The van der Waals surface area contributed by atoms with Crippen LogP contribution in [0.5, 0.6) is 0 Å². The molecular weight excluding hydrogens is 272 g/mol. The van der Waals surface area contributed by atoms with Gasteiger partial charge in [-0.3, -0.25) is 4.90 Å². The Kier molecular flexibility index (Phi) is 4.29. The van der Waals surface area contributed by atoms with Gasteiger partial charge in [-0.1, -0.05) is 18.2 Å². The van der Waals surface area contributed by atoms with Gasteiger partial charge in [-0.05, 0) is 37.6 Å². The van der Waals surface area contributed by atoms with E-state index in [0.717, 1.165) is 31.7 Å². The standard InChI is InChI=1S/C18H24N4/c1-14(2)21-9-11-22(12-10-21)17-6-4-3-5-16(17)15-7-8-20-18(19)13-15/h3-8,13-14H,9-12H2,1-2H3,(H2,19,20). The van der Waals surface area contributed by atoms with Crippen LogP contribution in [0.3, 0.4) is 0 Å². The maximum Gasteiger partial charge on any atom is 0.123 e. The number of nitrogens with two attached hydrogens (primary N) is 1. The Balaban J connectivity index is 1.86. The van der Waals surface area contributed by atoms with Crippen molar-refractivity contribution in [3.63, 3.8) is 0 Å². The topological polar surface area (TPSA) is 45.4 Å². The molecule has 2 N–H and O–H groups in total. The molecule has 2 aromatic rings. The molecule has 0 amide bonds. The number of piperazine rings is 1. The van der Waals surface area contributed by atoms with Gasteiger partial charge < -0.3 is 10.6 Å². The summed E-state index contributed by atoms with van der Waals surface area (Å²) in [4.78, 5) is 9.10. The zero-order valence-corrected chi connectivity index (χ0v) is 13.4. The molecular formula is C18H24N4. The molecule has 1 aliphatic rings. The fourth-order valence-corrected chi connectivity index (χ4v) is 3.09. The van der Waals surface area contributed by atoms with Gasteiger partial charge >= 0.3 is 0 Å². The van der Waals surface area contributed by atoms with Gasteiger partial charge in [0.15, 0.2) is 0 Å². The summed E-state index contributed by atoms with van der Waals surface area (Å²) in [5, 5.41) is 0. The number of pyridine rings is 1. The first-order chi connectivity index (χ1) is 10.6. The summed E-state index contributed by atoms with van der Waals surface area (Å²) < 4.78 is 0. The van der Waals surface area contributed by atoms with Crippen LogP contribution in [0, 0.1) is 0 Å². The molecule has 0 atom stereocenters. The highest BCUT2D eigenvalue weighted by Gasteiger charge is 2.20. The van der Waals surface area contributed by atoms with Crippen LogP contribution in [-0.2, 0) is 0 Å². The molecule has 0 unspecified atom stereocenters. The minimum absolute atomic E-state index is 0.567. The fraction of sp³-hybridized carbons (Fsp3) is 0.389. The molecule has 0 spiro atoms. The lowest BCUT2D eigenvalue weighted by molar-refractivity contribution is 0.209. The summed E-state index contributed by atoms with van der Waals surface area (Å²) in [6.07, 6.45) is 1.78. The van der Waals surface area contributed by atoms with Crippen LogP contribution in [-0.4, -0.2) is 42.1 Å². The van der Waals surface area contributed by atoms with Gasteiger partial charge in [-0.25, -0.2) is 4.98 Å². The number of rotatable bonds is 3. The van der Waals surface area contributed by atoms with Gasteiger partial charge in [0.1, 0.15) is 5.82 Å². The third-order valence-electron chi connectivity index (χ3n) is 4.38. The largest absolute Gasteiger partial charge is 0.384 e. The molecule has 116 valence electrons. The van der Waals surface area contributed by atoms with E-state index in [1.807, 2.05) is 12.1 Å². The van der Waals surface area contributed by atoms with Crippen molar-refractivity contribution in [2.75, 3.05) is 36.8 Å². The van der Waals surface area contributed by atoms with Gasteiger partial charge in [0.2, 0.25) is 0 Å². The second-order valence-electron chi connectivity index (χ2n) is 6.10. The Morgan fingerprint density at radius 2 is 1.77 bits per heavy atom. The first-order valence-electron chi connectivity index (χ1n) is 7.95. The third kappa shape index (κ3) is 3.07. The van der Waals surface area contributed by atoms with E-state index >= 15 is 0 Å². The molecule has 4 heteroatoms. The lowest BCUT2D eigenvalue weighted by atomic mass is 10.0. The zero-order chi connectivity index (χ0) is 15.5. The molecule has 0 bridgehead atoms. The Labute approximate surface area is 132 Å². The summed E-state index contributed by atoms with van der Waals surface area (Å²) in [6, 6.07) is 13.2. The summed E-state index contributed by atoms with van der Waals surface area (Å²) in [7, 11) is 0. The second-order valence-corrected chi connectivity index (χ2v) is 6.10. The Hall–Kier alpha value is -2.07. The van der Waals surface area contributed by atoms with Crippen molar-refractivity contribution in [1.82, 2.24) is 9.88 Å². The van der Waals surface area contributed by atoms with Crippen molar-refractivity contribution < 1.29 is 0 Å². The summed E-state index contributed by atoms with van der Waals surface area (Å²) in [5.74, 6) is 0.567. The number of nitrogens with zero attached hydrogens (tertiary/aromatic N) is 3. The van der Waals surface area contributed by atoms with Gasteiger partial charge in [-0.15, -0.1) is 0 Å². The SMILES string of the molecule is CC(C)N1CCN(c2ccccc2-c2ccnc(N)c2)CC1. The molecule has 1 fully saturated rings. The third-order valence-corrected chi connectivity index (χ3v) is 4.38.